The van der Waals surface area contributed by atoms with E-state index in [2.05, 4.69) is 11.5 Å². The zero-order valence-electron chi connectivity index (χ0n) is 10.7. The topological polar surface area (TPSA) is 32.7 Å². The lowest BCUT2D eigenvalue weighted by Gasteiger charge is -2.27. The summed E-state index contributed by atoms with van der Waals surface area (Å²) in [5.41, 5.74) is 0.226. The minimum atomic E-state index is 0.214. The molecule has 0 aromatic rings. The van der Waals surface area contributed by atoms with Crippen molar-refractivity contribution in [3.05, 3.63) is 12.7 Å². The summed E-state index contributed by atoms with van der Waals surface area (Å²) in [6.07, 6.45) is 9.85. The summed E-state index contributed by atoms with van der Waals surface area (Å²) in [5.74, 6) is 0. The van der Waals surface area contributed by atoms with E-state index in [0.29, 0.717) is 6.10 Å². The molecule has 0 aromatic heterocycles. The van der Waals surface area contributed by atoms with Crippen molar-refractivity contribution in [2.45, 2.75) is 50.2 Å². The molecule has 17 heavy (non-hydrogen) atoms. The monoisotopic (exact) mass is 239 g/mol. The highest BCUT2D eigenvalue weighted by Crippen LogP contribution is 2.43. The fourth-order valence-corrected chi connectivity index (χ4v) is 3.28. The van der Waals surface area contributed by atoms with Crippen LogP contribution in [0.25, 0.3) is 0 Å². The van der Waals surface area contributed by atoms with E-state index >= 15 is 0 Å². The van der Waals surface area contributed by atoms with E-state index in [9.17, 15) is 0 Å². The lowest BCUT2D eigenvalue weighted by Crippen LogP contribution is -2.36. The third kappa shape index (κ3) is 3.30. The smallest absolute Gasteiger partial charge is 0.0710 e. The van der Waals surface area contributed by atoms with Crippen molar-refractivity contribution < 1.29 is 9.84 Å². The normalized spacial score (nSPS) is 27.1. The highest BCUT2D eigenvalue weighted by Gasteiger charge is 2.42. The van der Waals surface area contributed by atoms with Crippen molar-refractivity contribution in [1.29, 1.82) is 0 Å². The van der Waals surface area contributed by atoms with Crippen molar-refractivity contribution in [1.82, 2.24) is 4.90 Å². The van der Waals surface area contributed by atoms with Crippen LogP contribution in [0.1, 0.15) is 38.5 Å². The van der Waals surface area contributed by atoms with Gasteiger partial charge in [-0.2, -0.15) is 0 Å². The molecule has 0 amide bonds. The van der Waals surface area contributed by atoms with E-state index < -0.39 is 0 Å². The van der Waals surface area contributed by atoms with E-state index in [1.165, 1.54) is 38.5 Å². The molecule has 98 valence electrons. The molecule has 0 aromatic carbocycles. The molecule has 0 bridgehead atoms. The Morgan fingerprint density at radius 1 is 1.35 bits per heavy atom. The van der Waals surface area contributed by atoms with Crippen LogP contribution < -0.4 is 0 Å². The van der Waals surface area contributed by atoms with Crippen LogP contribution in [0.15, 0.2) is 12.7 Å². The minimum Gasteiger partial charge on any atom is -0.395 e. The summed E-state index contributed by atoms with van der Waals surface area (Å²) in [7, 11) is 0. The van der Waals surface area contributed by atoms with Crippen LogP contribution in [-0.2, 0) is 4.74 Å². The van der Waals surface area contributed by atoms with Crippen LogP contribution in [0.4, 0.5) is 0 Å². The Morgan fingerprint density at radius 2 is 2.12 bits per heavy atom. The van der Waals surface area contributed by atoms with Crippen LogP contribution in [-0.4, -0.2) is 48.0 Å². The van der Waals surface area contributed by atoms with Gasteiger partial charge in [0.05, 0.1) is 18.3 Å². The molecule has 1 heterocycles. The number of nitrogens with zero attached hydrogens (tertiary/aromatic N) is 1. The molecule has 1 saturated heterocycles. The summed E-state index contributed by atoms with van der Waals surface area (Å²) < 4.78 is 6.28. The van der Waals surface area contributed by atoms with Crippen molar-refractivity contribution in [3.8, 4) is 0 Å². The number of aliphatic hydroxyl groups excluding tert-OH is 1. The van der Waals surface area contributed by atoms with Gasteiger partial charge in [-0.25, -0.2) is 0 Å². The minimum absolute atomic E-state index is 0.214. The predicted molar refractivity (Wildman–Crippen MR) is 69.0 cm³/mol. The van der Waals surface area contributed by atoms with Gasteiger partial charge >= 0.3 is 0 Å². The fraction of sp³-hybridized carbons (Fsp3) is 0.857. The Kier molecular flexibility index (Phi) is 4.60. The van der Waals surface area contributed by atoms with E-state index in [4.69, 9.17) is 9.84 Å². The second-order valence-corrected chi connectivity index (χ2v) is 5.44. The molecule has 0 radical (unpaired) electrons. The Balaban J connectivity index is 1.80. The molecule has 2 aliphatic rings. The second kappa shape index (κ2) is 5.98. The molecule has 1 N–H and O–H groups in total. The first-order valence-electron chi connectivity index (χ1n) is 6.90. The molecule has 1 aliphatic heterocycles. The number of aliphatic hydroxyl groups is 1. The summed E-state index contributed by atoms with van der Waals surface area (Å²) in [6, 6.07) is 0. The van der Waals surface area contributed by atoms with Crippen molar-refractivity contribution in [3.63, 3.8) is 0 Å². The van der Waals surface area contributed by atoms with E-state index in [1.807, 2.05) is 6.08 Å². The molecule has 3 heteroatoms. The molecule has 1 spiro atoms. The van der Waals surface area contributed by atoms with Crippen molar-refractivity contribution >= 4 is 0 Å². The Morgan fingerprint density at radius 3 is 2.76 bits per heavy atom. The fourth-order valence-electron chi connectivity index (χ4n) is 3.28. The molecular formula is C14H25NO2. The summed E-state index contributed by atoms with van der Waals surface area (Å²) in [5, 5.41) is 9.03. The van der Waals surface area contributed by atoms with E-state index in [-0.39, 0.29) is 12.2 Å². The zero-order chi connectivity index (χ0) is 12.1. The average molecular weight is 239 g/mol. The maximum Gasteiger partial charge on any atom is 0.0710 e. The summed E-state index contributed by atoms with van der Waals surface area (Å²) in [4.78, 5) is 2.23. The maximum atomic E-state index is 9.03. The summed E-state index contributed by atoms with van der Waals surface area (Å²) >= 11 is 0. The largest absolute Gasteiger partial charge is 0.395 e. The molecule has 1 unspecified atom stereocenters. The van der Waals surface area contributed by atoms with Crippen LogP contribution >= 0.6 is 0 Å². The lowest BCUT2D eigenvalue weighted by atomic mass is 9.98. The highest BCUT2D eigenvalue weighted by molar-refractivity contribution is 4.93. The Bertz CT molecular complexity index is 249. The quantitative estimate of drug-likeness (QED) is 0.719. The molecule has 1 atom stereocenters. The molecule has 1 aliphatic carbocycles. The number of hydrogen-bond acceptors (Lipinski definition) is 3. The Hall–Kier alpha value is -0.380. The SMILES string of the molecule is C=CCN(CCO)CC1CCC2(CCCC2)O1. The van der Waals surface area contributed by atoms with E-state index in [1.54, 1.807) is 0 Å². The van der Waals surface area contributed by atoms with Crippen molar-refractivity contribution in [2.24, 2.45) is 0 Å². The van der Waals surface area contributed by atoms with Gasteiger partial charge in [-0.05, 0) is 25.7 Å². The van der Waals surface area contributed by atoms with Gasteiger partial charge in [0.15, 0.2) is 0 Å². The zero-order valence-corrected chi connectivity index (χ0v) is 10.7. The first-order valence-corrected chi connectivity index (χ1v) is 6.90. The first-order chi connectivity index (χ1) is 8.28. The van der Waals surface area contributed by atoms with E-state index in [0.717, 1.165) is 19.6 Å². The van der Waals surface area contributed by atoms with Gasteiger partial charge in [-0.3, -0.25) is 4.90 Å². The molecule has 2 rings (SSSR count). The van der Waals surface area contributed by atoms with Gasteiger partial charge < -0.3 is 9.84 Å². The number of hydrogen-bond donors (Lipinski definition) is 1. The van der Waals surface area contributed by atoms with Gasteiger partial charge in [-0.1, -0.05) is 18.9 Å². The van der Waals surface area contributed by atoms with Crippen LogP contribution in [0.3, 0.4) is 0 Å². The molecule has 1 saturated carbocycles. The van der Waals surface area contributed by atoms with Crippen molar-refractivity contribution in [2.75, 3.05) is 26.2 Å². The van der Waals surface area contributed by atoms with Crippen LogP contribution in [0.5, 0.6) is 0 Å². The highest BCUT2D eigenvalue weighted by atomic mass is 16.5. The van der Waals surface area contributed by atoms with Gasteiger partial charge in [0.2, 0.25) is 0 Å². The van der Waals surface area contributed by atoms with Gasteiger partial charge in [0, 0.05) is 19.6 Å². The lowest BCUT2D eigenvalue weighted by molar-refractivity contribution is -0.0471. The standard InChI is InChI=1S/C14H25NO2/c1-2-9-15(10-11-16)12-13-5-8-14(17-13)6-3-4-7-14/h2,13,16H,1,3-12H2. The summed E-state index contributed by atoms with van der Waals surface area (Å²) in [6.45, 7) is 6.48. The third-order valence-electron chi connectivity index (χ3n) is 4.12. The van der Waals surface area contributed by atoms with Crippen LogP contribution in [0, 0.1) is 0 Å². The molecular weight excluding hydrogens is 214 g/mol. The first kappa shape index (κ1) is 13.1. The molecule has 2 fully saturated rings. The average Bonchev–Trinajstić information content (AvgIpc) is 2.91. The van der Waals surface area contributed by atoms with Crippen LogP contribution in [0.2, 0.25) is 0 Å². The number of ether oxygens (including phenoxy) is 1. The Labute approximate surface area is 104 Å². The second-order valence-electron chi connectivity index (χ2n) is 5.44. The predicted octanol–water partition coefficient (Wildman–Crippen LogP) is 1.96. The van der Waals surface area contributed by atoms with Gasteiger partial charge in [0.1, 0.15) is 0 Å². The van der Waals surface area contributed by atoms with Gasteiger partial charge in [0.25, 0.3) is 0 Å². The third-order valence-corrected chi connectivity index (χ3v) is 4.12. The maximum absolute atomic E-state index is 9.03. The number of rotatable bonds is 6. The van der Waals surface area contributed by atoms with Gasteiger partial charge in [-0.15, -0.1) is 6.58 Å². The molecule has 3 nitrogen and oxygen atoms in total.